The highest BCUT2D eigenvalue weighted by Crippen LogP contribution is 2.32. The quantitative estimate of drug-likeness (QED) is 0.734. The van der Waals surface area contributed by atoms with Gasteiger partial charge in [-0.15, -0.1) is 0 Å². The van der Waals surface area contributed by atoms with Gasteiger partial charge < -0.3 is 4.74 Å². The maximum absolute atomic E-state index is 12.4. The molecule has 1 amide bonds. The number of amides is 1. The molecule has 2 rings (SSSR count). The van der Waals surface area contributed by atoms with Crippen molar-refractivity contribution < 1.29 is 14.4 Å². The molecule has 0 aliphatic carbocycles. The van der Waals surface area contributed by atoms with E-state index in [0.717, 1.165) is 19.3 Å². The molecule has 5 nitrogen and oxygen atoms in total. The van der Waals surface area contributed by atoms with Gasteiger partial charge in [-0.3, -0.25) is 9.74 Å². The molecule has 110 valence electrons. The largest absolute Gasteiger partial charge is 0.444 e. The molecule has 0 aromatic heterocycles. The number of nitrogens with zero attached hydrogens (tertiary/aromatic N) is 2. The van der Waals surface area contributed by atoms with Crippen LogP contribution in [0.1, 0.15) is 47.0 Å². The summed E-state index contributed by atoms with van der Waals surface area (Å²) in [5.41, 5.74) is -0.446. The van der Waals surface area contributed by atoms with E-state index in [9.17, 15) is 4.79 Å². The number of hydroxylamine groups is 2. The van der Waals surface area contributed by atoms with Crippen LogP contribution in [-0.4, -0.2) is 53.4 Å². The van der Waals surface area contributed by atoms with Crippen LogP contribution in [0.5, 0.6) is 0 Å². The normalized spacial score (nSPS) is 32.3. The third kappa shape index (κ3) is 3.20. The molecule has 0 aromatic rings. The summed E-state index contributed by atoms with van der Waals surface area (Å²) in [6.45, 7) is 8.42. The second kappa shape index (κ2) is 5.29. The highest BCUT2D eigenvalue weighted by Gasteiger charge is 2.43. The van der Waals surface area contributed by atoms with Crippen molar-refractivity contribution in [1.82, 2.24) is 9.96 Å². The SMILES string of the molecule is CCC1CC2CC(CON2C)N1C(=O)OC(C)(C)C. The van der Waals surface area contributed by atoms with Crippen LogP contribution < -0.4 is 0 Å². The number of carbonyl (C=O) groups excluding carboxylic acids is 1. The molecule has 3 atom stereocenters. The Bertz CT molecular complexity index is 338. The van der Waals surface area contributed by atoms with Gasteiger partial charge in [-0.25, -0.2) is 4.79 Å². The van der Waals surface area contributed by atoms with E-state index in [1.165, 1.54) is 0 Å². The molecule has 0 spiro atoms. The van der Waals surface area contributed by atoms with Crippen molar-refractivity contribution in [2.24, 2.45) is 0 Å². The third-order valence-electron chi connectivity index (χ3n) is 3.94. The smallest absolute Gasteiger partial charge is 0.410 e. The molecule has 2 saturated heterocycles. The predicted molar refractivity (Wildman–Crippen MR) is 72.7 cm³/mol. The molecule has 3 unspecified atom stereocenters. The third-order valence-corrected chi connectivity index (χ3v) is 3.94. The van der Waals surface area contributed by atoms with Gasteiger partial charge in [0.25, 0.3) is 0 Å². The number of likely N-dealkylation sites (tertiary alicyclic amines) is 1. The molecule has 5 heteroatoms. The first-order valence-corrected chi connectivity index (χ1v) is 7.19. The summed E-state index contributed by atoms with van der Waals surface area (Å²) >= 11 is 0. The molecule has 2 aliphatic heterocycles. The Hall–Kier alpha value is -0.810. The standard InChI is InChI=1S/C14H26N2O3/c1-6-10-7-11-8-12(9-18-15(11)5)16(10)13(17)19-14(2,3)4/h10-12H,6-9H2,1-5H3. The molecule has 2 fully saturated rings. The fraction of sp³-hybridized carbons (Fsp3) is 0.929. The Morgan fingerprint density at radius 3 is 2.58 bits per heavy atom. The van der Waals surface area contributed by atoms with Crippen LogP contribution in [-0.2, 0) is 9.57 Å². The van der Waals surface area contributed by atoms with Crippen molar-refractivity contribution in [2.75, 3.05) is 13.7 Å². The van der Waals surface area contributed by atoms with Gasteiger partial charge in [0.15, 0.2) is 0 Å². The summed E-state index contributed by atoms with van der Waals surface area (Å²) in [5, 5.41) is 1.95. The van der Waals surface area contributed by atoms with E-state index in [1.807, 2.05) is 37.8 Å². The molecule has 19 heavy (non-hydrogen) atoms. The van der Waals surface area contributed by atoms with Crippen LogP contribution >= 0.6 is 0 Å². The molecule has 0 radical (unpaired) electrons. The molecular formula is C14H26N2O3. The first-order valence-electron chi connectivity index (χ1n) is 7.19. The number of hydrogen-bond acceptors (Lipinski definition) is 4. The van der Waals surface area contributed by atoms with E-state index in [1.54, 1.807) is 0 Å². The van der Waals surface area contributed by atoms with Crippen LogP contribution in [0.25, 0.3) is 0 Å². The monoisotopic (exact) mass is 270 g/mol. The fourth-order valence-electron chi connectivity index (χ4n) is 2.98. The van der Waals surface area contributed by atoms with Gasteiger partial charge in [-0.2, -0.15) is 5.06 Å². The lowest BCUT2D eigenvalue weighted by Crippen LogP contribution is -2.61. The highest BCUT2D eigenvalue weighted by molar-refractivity contribution is 5.69. The number of hydrogen-bond donors (Lipinski definition) is 0. The summed E-state index contributed by atoms with van der Waals surface area (Å²) in [7, 11) is 1.98. The predicted octanol–water partition coefficient (Wildman–Crippen LogP) is 2.41. The maximum Gasteiger partial charge on any atom is 0.410 e. The topological polar surface area (TPSA) is 42.0 Å². The second-order valence-corrected chi connectivity index (χ2v) is 6.57. The molecule has 2 heterocycles. The van der Waals surface area contributed by atoms with Crippen LogP contribution in [0.3, 0.4) is 0 Å². The number of ether oxygens (including phenoxy) is 1. The molecule has 2 bridgehead atoms. The Morgan fingerprint density at radius 1 is 1.32 bits per heavy atom. The minimum absolute atomic E-state index is 0.148. The summed E-state index contributed by atoms with van der Waals surface area (Å²) < 4.78 is 5.55. The zero-order valence-electron chi connectivity index (χ0n) is 12.7. The zero-order chi connectivity index (χ0) is 14.2. The van der Waals surface area contributed by atoms with E-state index in [4.69, 9.17) is 9.57 Å². The first-order chi connectivity index (χ1) is 8.81. The summed E-state index contributed by atoms with van der Waals surface area (Å²) in [6, 6.07) is 0.821. The van der Waals surface area contributed by atoms with Gasteiger partial charge >= 0.3 is 6.09 Å². The minimum atomic E-state index is -0.446. The number of carbonyl (C=O) groups is 1. The second-order valence-electron chi connectivity index (χ2n) is 6.57. The van der Waals surface area contributed by atoms with Gasteiger partial charge in [0.1, 0.15) is 5.60 Å². The van der Waals surface area contributed by atoms with Gasteiger partial charge in [0, 0.05) is 19.1 Å². The van der Waals surface area contributed by atoms with E-state index in [0.29, 0.717) is 12.6 Å². The van der Waals surface area contributed by atoms with Gasteiger partial charge in [0.2, 0.25) is 0 Å². The molecule has 0 saturated carbocycles. The van der Waals surface area contributed by atoms with Crippen molar-refractivity contribution in [1.29, 1.82) is 0 Å². The average Bonchev–Trinajstić information content (AvgIpc) is 2.31. The lowest BCUT2D eigenvalue weighted by atomic mass is 9.89. The molecule has 0 aromatic carbocycles. The van der Waals surface area contributed by atoms with E-state index in [-0.39, 0.29) is 18.2 Å². The van der Waals surface area contributed by atoms with Crippen LogP contribution in [0.2, 0.25) is 0 Å². The van der Waals surface area contributed by atoms with Crippen molar-refractivity contribution in [3.05, 3.63) is 0 Å². The van der Waals surface area contributed by atoms with E-state index < -0.39 is 5.60 Å². The molecule has 0 N–H and O–H groups in total. The highest BCUT2D eigenvalue weighted by atomic mass is 16.7. The number of fused-ring (bicyclic) bond motifs is 2. The lowest BCUT2D eigenvalue weighted by molar-refractivity contribution is -0.233. The van der Waals surface area contributed by atoms with Gasteiger partial charge in [-0.1, -0.05) is 6.92 Å². The summed E-state index contributed by atoms with van der Waals surface area (Å²) in [6.07, 6.45) is 2.70. The van der Waals surface area contributed by atoms with Crippen LogP contribution in [0.15, 0.2) is 0 Å². The Labute approximate surface area is 115 Å². The Morgan fingerprint density at radius 2 is 2.00 bits per heavy atom. The first kappa shape index (κ1) is 14.6. The molecule has 2 aliphatic rings. The fourth-order valence-corrected chi connectivity index (χ4v) is 2.98. The van der Waals surface area contributed by atoms with E-state index in [2.05, 4.69) is 6.92 Å². The molecular weight excluding hydrogens is 244 g/mol. The van der Waals surface area contributed by atoms with Crippen LogP contribution in [0, 0.1) is 0 Å². The maximum atomic E-state index is 12.4. The van der Waals surface area contributed by atoms with Gasteiger partial charge in [-0.05, 0) is 40.0 Å². The summed E-state index contributed by atoms with van der Waals surface area (Å²) in [5.74, 6) is 0. The number of rotatable bonds is 1. The average molecular weight is 270 g/mol. The van der Waals surface area contributed by atoms with E-state index >= 15 is 0 Å². The summed E-state index contributed by atoms with van der Waals surface area (Å²) in [4.78, 5) is 19.9. The van der Waals surface area contributed by atoms with Crippen molar-refractivity contribution in [2.45, 2.75) is 70.7 Å². The number of piperidine rings is 1. The minimum Gasteiger partial charge on any atom is -0.444 e. The lowest BCUT2D eigenvalue weighted by Gasteiger charge is -2.50. The zero-order valence-corrected chi connectivity index (χ0v) is 12.7. The Kier molecular flexibility index (Phi) is 4.06. The Balaban J connectivity index is 2.11. The van der Waals surface area contributed by atoms with Crippen molar-refractivity contribution >= 4 is 6.09 Å². The van der Waals surface area contributed by atoms with Crippen molar-refractivity contribution in [3.8, 4) is 0 Å². The van der Waals surface area contributed by atoms with Crippen LogP contribution in [0.4, 0.5) is 4.79 Å². The van der Waals surface area contributed by atoms with Crippen molar-refractivity contribution in [3.63, 3.8) is 0 Å². The van der Waals surface area contributed by atoms with Gasteiger partial charge in [0.05, 0.1) is 12.6 Å².